The summed E-state index contributed by atoms with van der Waals surface area (Å²) in [7, 11) is 0. The lowest BCUT2D eigenvalue weighted by Crippen LogP contribution is -2.20. The number of carbonyl (C=O) groups excluding carboxylic acids is 2. The molecular formula is C25H25ClN6O2. The van der Waals surface area contributed by atoms with Crippen LogP contribution in [0.3, 0.4) is 0 Å². The number of fused-ring (bicyclic) bond motifs is 1. The first-order valence-corrected chi connectivity index (χ1v) is 11.1. The zero-order valence-electron chi connectivity index (χ0n) is 19.3. The van der Waals surface area contributed by atoms with Gasteiger partial charge in [0.05, 0.1) is 10.9 Å². The van der Waals surface area contributed by atoms with Gasteiger partial charge in [0.1, 0.15) is 17.8 Å². The zero-order chi connectivity index (χ0) is 24.6. The third kappa shape index (κ3) is 4.45. The highest BCUT2D eigenvalue weighted by atomic mass is 35.5. The summed E-state index contributed by atoms with van der Waals surface area (Å²) in [4.78, 5) is 34.6. The van der Waals surface area contributed by atoms with Gasteiger partial charge >= 0.3 is 6.03 Å². The second-order valence-corrected chi connectivity index (χ2v) is 8.83. The molecule has 8 nitrogen and oxygen atoms in total. The zero-order valence-corrected chi connectivity index (χ0v) is 20.1. The number of ketones is 1. The van der Waals surface area contributed by atoms with Gasteiger partial charge in [-0.05, 0) is 69.2 Å². The van der Waals surface area contributed by atoms with Crippen molar-refractivity contribution in [1.82, 2.24) is 14.5 Å². The largest absolute Gasteiger partial charge is 0.383 e. The fraction of sp³-hybridized carbons (Fsp3) is 0.200. The molecule has 2 aromatic heterocycles. The minimum Gasteiger partial charge on any atom is -0.383 e. The number of hydrogen-bond donors (Lipinski definition) is 3. The van der Waals surface area contributed by atoms with E-state index in [1.165, 1.54) is 6.33 Å². The first-order valence-electron chi connectivity index (χ1n) is 10.8. The fourth-order valence-electron chi connectivity index (χ4n) is 3.82. The number of nitrogens with zero attached hydrogens (tertiary/aromatic N) is 3. The molecule has 4 N–H and O–H groups in total. The number of benzene rings is 2. The van der Waals surface area contributed by atoms with Crippen molar-refractivity contribution in [2.45, 2.75) is 33.7 Å². The van der Waals surface area contributed by atoms with Crippen LogP contribution in [0, 0.1) is 13.8 Å². The van der Waals surface area contributed by atoms with Gasteiger partial charge in [-0.1, -0.05) is 17.7 Å². The maximum atomic E-state index is 13.6. The van der Waals surface area contributed by atoms with Crippen molar-refractivity contribution < 1.29 is 9.59 Å². The molecule has 174 valence electrons. The predicted molar refractivity (Wildman–Crippen MR) is 136 cm³/mol. The Kier molecular flexibility index (Phi) is 6.26. The first kappa shape index (κ1) is 23.3. The summed E-state index contributed by atoms with van der Waals surface area (Å²) in [5.74, 6) is 0.0263. The molecule has 9 heteroatoms. The Morgan fingerprint density at radius 3 is 2.47 bits per heavy atom. The smallest absolute Gasteiger partial charge is 0.323 e. The number of anilines is 3. The molecule has 2 heterocycles. The van der Waals surface area contributed by atoms with E-state index in [4.69, 9.17) is 17.3 Å². The van der Waals surface area contributed by atoms with Gasteiger partial charge in [-0.2, -0.15) is 0 Å². The highest BCUT2D eigenvalue weighted by Gasteiger charge is 2.22. The van der Waals surface area contributed by atoms with Gasteiger partial charge in [-0.25, -0.2) is 14.8 Å². The quantitative estimate of drug-likeness (QED) is 0.318. The van der Waals surface area contributed by atoms with Crippen LogP contribution in [0.1, 0.15) is 46.9 Å². The molecule has 0 saturated heterocycles. The number of nitrogens with two attached hydrogens (primary N) is 1. The molecule has 0 saturated carbocycles. The molecule has 0 aliphatic heterocycles. The summed E-state index contributed by atoms with van der Waals surface area (Å²) in [6, 6.07) is 10.0. The maximum Gasteiger partial charge on any atom is 0.323 e. The molecule has 0 atom stereocenters. The molecule has 0 aliphatic carbocycles. The molecule has 0 unspecified atom stereocenters. The van der Waals surface area contributed by atoms with E-state index in [0.29, 0.717) is 38.6 Å². The van der Waals surface area contributed by atoms with Gasteiger partial charge in [0.25, 0.3) is 0 Å². The highest BCUT2D eigenvalue weighted by Crippen LogP contribution is 2.30. The molecule has 0 fully saturated rings. The van der Waals surface area contributed by atoms with E-state index in [2.05, 4.69) is 20.6 Å². The van der Waals surface area contributed by atoms with E-state index in [1.807, 2.05) is 32.3 Å². The van der Waals surface area contributed by atoms with E-state index in [0.717, 1.165) is 11.1 Å². The number of nitrogen functional groups attached to an aromatic ring is 1. The summed E-state index contributed by atoms with van der Waals surface area (Å²) in [6.07, 6.45) is 3.15. The van der Waals surface area contributed by atoms with Crippen molar-refractivity contribution in [3.05, 3.63) is 76.2 Å². The van der Waals surface area contributed by atoms with E-state index in [1.54, 1.807) is 42.6 Å². The normalized spacial score (nSPS) is 11.1. The number of rotatable bonds is 5. The lowest BCUT2D eigenvalue weighted by atomic mass is 9.98. The average molecular weight is 477 g/mol. The number of hydrogen-bond acceptors (Lipinski definition) is 5. The van der Waals surface area contributed by atoms with Crippen LogP contribution in [0.15, 0.2) is 48.9 Å². The summed E-state index contributed by atoms with van der Waals surface area (Å²) < 4.78 is 1.90. The standard InChI is InChI=1S/C25H25ClN6O2/c1-13(2)32-11-19(21-23(27)28-12-29-24(21)32)22(33)18-10-17(7-5-14(18)3)30-25(34)31-20-8-6-16(26)9-15(20)4/h5-13H,1-4H3,(H2,27,28,29)(H2,30,31,34). The Morgan fingerprint density at radius 1 is 1.00 bits per heavy atom. The van der Waals surface area contributed by atoms with Crippen LogP contribution in [-0.2, 0) is 0 Å². The van der Waals surface area contributed by atoms with Gasteiger partial charge in [0.15, 0.2) is 5.78 Å². The number of aryl methyl sites for hydroxylation is 2. The summed E-state index contributed by atoms with van der Waals surface area (Å²) in [5, 5.41) is 6.70. The van der Waals surface area contributed by atoms with Crippen LogP contribution in [0.2, 0.25) is 5.02 Å². The van der Waals surface area contributed by atoms with Gasteiger partial charge in [0.2, 0.25) is 0 Å². The topological polar surface area (TPSA) is 115 Å². The molecule has 2 aromatic carbocycles. The van der Waals surface area contributed by atoms with Crippen LogP contribution in [0.25, 0.3) is 11.0 Å². The molecule has 0 radical (unpaired) electrons. The molecule has 2 amide bonds. The van der Waals surface area contributed by atoms with Crippen molar-refractivity contribution >= 4 is 51.6 Å². The lowest BCUT2D eigenvalue weighted by molar-refractivity contribution is 0.103. The number of nitrogens with one attached hydrogen (secondary N) is 2. The Morgan fingerprint density at radius 2 is 1.76 bits per heavy atom. The molecule has 34 heavy (non-hydrogen) atoms. The second-order valence-electron chi connectivity index (χ2n) is 8.40. The number of aromatic nitrogens is 3. The highest BCUT2D eigenvalue weighted by molar-refractivity contribution is 6.30. The predicted octanol–water partition coefficient (Wildman–Crippen LogP) is 5.74. The Bertz CT molecular complexity index is 1430. The third-order valence-electron chi connectivity index (χ3n) is 5.62. The summed E-state index contributed by atoms with van der Waals surface area (Å²) in [5.41, 5.74) is 10.3. The van der Waals surface area contributed by atoms with Crippen LogP contribution < -0.4 is 16.4 Å². The van der Waals surface area contributed by atoms with Crippen LogP contribution in [0.5, 0.6) is 0 Å². The molecule has 4 rings (SSSR count). The Balaban J connectivity index is 1.65. The second kappa shape index (κ2) is 9.15. The summed E-state index contributed by atoms with van der Waals surface area (Å²) >= 11 is 5.98. The van der Waals surface area contributed by atoms with Gasteiger partial charge in [-0.3, -0.25) is 4.79 Å². The van der Waals surface area contributed by atoms with Crippen molar-refractivity contribution in [1.29, 1.82) is 0 Å². The number of amides is 2. The van der Waals surface area contributed by atoms with Gasteiger partial charge < -0.3 is 20.9 Å². The van der Waals surface area contributed by atoms with Crippen LogP contribution >= 0.6 is 11.6 Å². The molecule has 0 bridgehead atoms. The van der Waals surface area contributed by atoms with Crippen molar-refractivity contribution in [2.24, 2.45) is 0 Å². The average Bonchev–Trinajstić information content (AvgIpc) is 3.18. The molecule has 0 spiro atoms. The van der Waals surface area contributed by atoms with Crippen LogP contribution in [0.4, 0.5) is 22.0 Å². The van der Waals surface area contributed by atoms with Crippen molar-refractivity contribution in [2.75, 3.05) is 16.4 Å². The third-order valence-corrected chi connectivity index (χ3v) is 5.85. The maximum absolute atomic E-state index is 13.6. The number of urea groups is 1. The monoisotopic (exact) mass is 476 g/mol. The van der Waals surface area contributed by atoms with E-state index >= 15 is 0 Å². The van der Waals surface area contributed by atoms with Crippen molar-refractivity contribution in [3.63, 3.8) is 0 Å². The minimum absolute atomic E-state index is 0.0764. The van der Waals surface area contributed by atoms with E-state index in [9.17, 15) is 9.59 Å². The van der Waals surface area contributed by atoms with Crippen LogP contribution in [-0.4, -0.2) is 26.3 Å². The SMILES string of the molecule is Cc1cc(Cl)ccc1NC(=O)Nc1ccc(C)c(C(=O)c2cn(C(C)C)c3ncnc(N)c23)c1. The Labute approximate surface area is 202 Å². The minimum atomic E-state index is -0.429. The molecule has 4 aromatic rings. The first-order chi connectivity index (χ1) is 16.2. The Hall–Kier alpha value is -3.91. The lowest BCUT2D eigenvalue weighted by Gasteiger charge is -2.12. The molecular weight excluding hydrogens is 452 g/mol. The van der Waals surface area contributed by atoms with E-state index in [-0.39, 0.29) is 17.6 Å². The fourth-order valence-corrected chi connectivity index (χ4v) is 4.04. The number of carbonyl (C=O) groups is 2. The molecule has 0 aliphatic rings. The van der Waals surface area contributed by atoms with Crippen molar-refractivity contribution in [3.8, 4) is 0 Å². The van der Waals surface area contributed by atoms with Gasteiger partial charge in [0, 0.05) is 34.2 Å². The van der Waals surface area contributed by atoms with Gasteiger partial charge in [-0.15, -0.1) is 0 Å². The van der Waals surface area contributed by atoms with E-state index < -0.39 is 6.03 Å². The summed E-state index contributed by atoms with van der Waals surface area (Å²) in [6.45, 7) is 7.70. The number of halogens is 1.